The summed E-state index contributed by atoms with van der Waals surface area (Å²) >= 11 is 1.09. The van der Waals surface area contributed by atoms with Crippen LogP contribution in [-0.4, -0.2) is 16.7 Å². The molecule has 148 valence electrons. The number of nitrogens with one attached hydrogen (secondary N) is 2. The summed E-state index contributed by atoms with van der Waals surface area (Å²) in [6, 6.07) is 17.0. The second-order valence-corrected chi connectivity index (χ2v) is 7.71. The third-order valence-corrected chi connectivity index (χ3v) is 5.38. The van der Waals surface area contributed by atoms with E-state index in [1.54, 1.807) is 49.4 Å². The van der Waals surface area contributed by atoms with E-state index in [-0.39, 0.29) is 28.4 Å². The van der Waals surface area contributed by atoms with Crippen LogP contribution in [0.2, 0.25) is 0 Å². The Kier molecular flexibility index (Phi) is 6.04. The Labute approximate surface area is 171 Å². The van der Waals surface area contributed by atoms with Gasteiger partial charge in [-0.05, 0) is 43.7 Å². The van der Waals surface area contributed by atoms with E-state index < -0.39 is 4.92 Å². The summed E-state index contributed by atoms with van der Waals surface area (Å²) < 4.78 is 0. The predicted octanol–water partition coefficient (Wildman–Crippen LogP) is 4.71. The van der Waals surface area contributed by atoms with Gasteiger partial charge in [0.1, 0.15) is 0 Å². The number of benzene rings is 2. The zero-order valence-electron chi connectivity index (χ0n) is 15.8. The number of amides is 2. The minimum Gasteiger partial charge on any atom is -0.345 e. The summed E-state index contributed by atoms with van der Waals surface area (Å²) in [6.07, 6.45) is 0. The Morgan fingerprint density at radius 1 is 1.03 bits per heavy atom. The molecule has 3 aromatic rings. The number of hydrogen-bond acceptors (Lipinski definition) is 5. The summed E-state index contributed by atoms with van der Waals surface area (Å²) in [7, 11) is 0. The fourth-order valence-corrected chi connectivity index (χ4v) is 3.69. The number of anilines is 1. The Morgan fingerprint density at radius 3 is 2.41 bits per heavy atom. The van der Waals surface area contributed by atoms with Gasteiger partial charge in [0, 0.05) is 17.3 Å². The molecular weight excluding hydrogens is 390 g/mol. The molecule has 3 rings (SSSR count). The lowest BCUT2D eigenvalue weighted by Gasteiger charge is -2.15. The third kappa shape index (κ3) is 4.85. The van der Waals surface area contributed by atoms with E-state index in [1.807, 2.05) is 19.1 Å². The summed E-state index contributed by atoms with van der Waals surface area (Å²) in [4.78, 5) is 36.0. The molecule has 2 amide bonds. The Morgan fingerprint density at radius 2 is 1.76 bits per heavy atom. The zero-order valence-corrected chi connectivity index (χ0v) is 16.7. The van der Waals surface area contributed by atoms with E-state index in [1.165, 1.54) is 6.07 Å². The molecule has 1 unspecified atom stereocenters. The van der Waals surface area contributed by atoms with Crippen LogP contribution in [0, 0.1) is 17.0 Å². The molecule has 0 bridgehead atoms. The highest BCUT2D eigenvalue weighted by Crippen LogP contribution is 2.28. The summed E-state index contributed by atoms with van der Waals surface area (Å²) in [5.41, 5.74) is 1.90. The van der Waals surface area contributed by atoms with Crippen LogP contribution in [0.15, 0.2) is 60.7 Å². The maximum absolute atomic E-state index is 12.5. The Hall–Kier alpha value is -3.52. The van der Waals surface area contributed by atoms with E-state index in [0.29, 0.717) is 16.1 Å². The molecule has 8 heteroatoms. The highest BCUT2D eigenvalue weighted by Gasteiger charge is 2.21. The zero-order chi connectivity index (χ0) is 21.0. The van der Waals surface area contributed by atoms with Crippen LogP contribution in [-0.2, 0) is 0 Å². The van der Waals surface area contributed by atoms with Crippen LogP contribution in [0.5, 0.6) is 0 Å². The summed E-state index contributed by atoms with van der Waals surface area (Å²) in [6.45, 7) is 3.42. The first-order valence-corrected chi connectivity index (χ1v) is 9.69. The van der Waals surface area contributed by atoms with Crippen molar-refractivity contribution in [1.29, 1.82) is 0 Å². The fraction of sp³-hybridized carbons (Fsp3) is 0.143. The monoisotopic (exact) mass is 409 g/mol. The molecule has 0 fully saturated rings. The third-order valence-electron chi connectivity index (χ3n) is 4.34. The topological polar surface area (TPSA) is 101 Å². The number of nitro groups is 1. The lowest BCUT2D eigenvalue weighted by atomic mass is 10.1. The van der Waals surface area contributed by atoms with Gasteiger partial charge < -0.3 is 10.6 Å². The van der Waals surface area contributed by atoms with Crippen molar-refractivity contribution in [2.75, 3.05) is 5.32 Å². The van der Waals surface area contributed by atoms with Crippen LogP contribution in [0.4, 0.5) is 11.4 Å². The minimum atomic E-state index is -0.495. The standard InChI is InChI=1S/C21H19N3O4S/c1-13(22-21(26)19-12-18(24(27)28)14(2)29-19)16-9-6-10-17(11-16)23-20(25)15-7-4-3-5-8-15/h3-13H,1-2H3,(H,22,26)(H,23,25). The van der Waals surface area contributed by atoms with E-state index in [2.05, 4.69) is 10.6 Å². The molecule has 1 heterocycles. The molecule has 0 aliphatic rings. The van der Waals surface area contributed by atoms with Crippen LogP contribution in [0.25, 0.3) is 0 Å². The van der Waals surface area contributed by atoms with Gasteiger partial charge in [-0.3, -0.25) is 19.7 Å². The van der Waals surface area contributed by atoms with Gasteiger partial charge in [0.05, 0.1) is 20.7 Å². The molecule has 7 nitrogen and oxygen atoms in total. The van der Waals surface area contributed by atoms with Gasteiger partial charge in [-0.25, -0.2) is 0 Å². The lowest BCUT2D eigenvalue weighted by Crippen LogP contribution is -2.26. The molecule has 0 radical (unpaired) electrons. The normalized spacial score (nSPS) is 11.5. The fourth-order valence-electron chi connectivity index (χ4n) is 2.80. The molecule has 2 aromatic carbocycles. The van der Waals surface area contributed by atoms with Crippen LogP contribution in [0.1, 0.15) is 43.4 Å². The van der Waals surface area contributed by atoms with Crippen molar-refractivity contribution in [1.82, 2.24) is 5.32 Å². The van der Waals surface area contributed by atoms with Crippen LogP contribution >= 0.6 is 11.3 Å². The maximum Gasteiger partial charge on any atom is 0.283 e. The number of aryl methyl sites for hydroxylation is 1. The largest absolute Gasteiger partial charge is 0.345 e. The Bertz CT molecular complexity index is 1060. The van der Waals surface area contributed by atoms with Gasteiger partial charge in [0.2, 0.25) is 0 Å². The molecule has 0 saturated carbocycles. The number of nitrogens with zero attached hydrogens (tertiary/aromatic N) is 1. The van der Waals surface area contributed by atoms with Gasteiger partial charge in [-0.2, -0.15) is 0 Å². The van der Waals surface area contributed by atoms with Gasteiger partial charge in [0.25, 0.3) is 17.5 Å². The summed E-state index contributed by atoms with van der Waals surface area (Å²) in [5.74, 6) is -0.599. The quantitative estimate of drug-likeness (QED) is 0.455. The number of carbonyl (C=O) groups excluding carboxylic acids is 2. The van der Waals surface area contributed by atoms with Crippen molar-refractivity contribution in [2.45, 2.75) is 19.9 Å². The first-order valence-electron chi connectivity index (χ1n) is 8.87. The molecule has 0 saturated heterocycles. The minimum absolute atomic E-state index is 0.0570. The number of carbonyl (C=O) groups is 2. The first kappa shape index (κ1) is 20.2. The van der Waals surface area contributed by atoms with Crippen LogP contribution < -0.4 is 10.6 Å². The molecule has 0 aliphatic carbocycles. The molecule has 0 aliphatic heterocycles. The second-order valence-electron chi connectivity index (χ2n) is 6.45. The number of thiophene rings is 1. The van der Waals surface area contributed by atoms with Crippen LogP contribution in [0.3, 0.4) is 0 Å². The van der Waals surface area contributed by atoms with Gasteiger partial charge in [-0.1, -0.05) is 30.3 Å². The average molecular weight is 409 g/mol. The van der Waals surface area contributed by atoms with Crippen molar-refractivity contribution in [3.8, 4) is 0 Å². The predicted molar refractivity (Wildman–Crippen MR) is 112 cm³/mol. The lowest BCUT2D eigenvalue weighted by molar-refractivity contribution is -0.385. The van der Waals surface area contributed by atoms with E-state index >= 15 is 0 Å². The SMILES string of the molecule is Cc1sc(C(=O)NC(C)c2cccc(NC(=O)c3ccccc3)c2)cc1[N+](=O)[O-]. The second kappa shape index (κ2) is 8.66. The van der Waals surface area contributed by atoms with Crippen molar-refractivity contribution in [3.63, 3.8) is 0 Å². The van der Waals surface area contributed by atoms with Gasteiger partial charge >= 0.3 is 0 Å². The molecule has 29 heavy (non-hydrogen) atoms. The van der Waals surface area contributed by atoms with E-state index in [4.69, 9.17) is 0 Å². The highest BCUT2D eigenvalue weighted by atomic mass is 32.1. The number of hydrogen-bond donors (Lipinski definition) is 2. The first-order chi connectivity index (χ1) is 13.8. The molecule has 1 atom stereocenters. The van der Waals surface area contributed by atoms with E-state index in [0.717, 1.165) is 16.9 Å². The molecule has 1 aromatic heterocycles. The summed E-state index contributed by atoms with van der Waals surface area (Å²) in [5, 5.41) is 16.7. The molecular formula is C21H19N3O4S. The highest BCUT2D eigenvalue weighted by molar-refractivity contribution is 7.14. The van der Waals surface area contributed by atoms with Crippen molar-refractivity contribution < 1.29 is 14.5 Å². The van der Waals surface area contributed by atoms with Crippen molar-refractivity contribution in [2.24, 2.45) is 0 Å². The van der Waals surface area contributed by atoms with Crippen molar-refractivity contribution >= 4 is 34.5 Å². The average Bonchev–Trinajstić information content (AvgIpc) is 3.11. The maximum atomic E-state index is 12.5. The smallest absolute Gasteiger partial charge is 0.283 e. The van der Waals surface area contributed by atoms with Crippen molar-refractivity contribution in [3.05, 3.63) is 91.7 Å². The number of rotatable bonds is 6. The van der Waals surface area contributed by atoms with Gasteiger partial charge in [0.15, 0.2) is 0 Å². The molecule has 0 spiro atoms. The molecule has 2 N–H and O–H groups in total. The van der Waals surface area contributed by atoms with Gasteiger partial charge in [-0.15, -0.1) is 11.3 Å². The Balaban J connectivity index is 1.70. The van der Waals surface area contributed by atoms with E-state index in [9.17, 15) is 19.7 Å².